The summed E-state index contributed by atoms with van der Waals surface area (Å²) in [5.74, 6) is 1.41. The van der Waals surface area contributed by atoms with Crippen LogP contribution in [-0.4, -0.2) is 18.0 Å². The highest BCUT2D eigenvalue weighted by Crippen LogP contribution is 2.22. The molecule has 0 aliphatic carbocycles. The van der Waals surface area contributed by atoms with Gasteiger partial charge in [0.05, 0.1) is 7.11 Å². The second-order valence-electron chi connectivity index (χ2n) is 4.00. The van der Waals surface area contributed by atoms with Gasteiger partial charge < -0.3 is 9.26 Å². The summed E-state index contributed by atoms with van der Waals surface area (Å²) in [5, 5.41) is 3.97. The van der Waals surface area contributed by atoms with Gasteiger partial charge in [0, 0.05) is 18.1 Å². The summed E-state index contributed by atoms with van der Waals surface area (Å²) in [6.45, 7) is 1.82. The van der Waals surface area contributed by atoms with E-state index < -0.39 is 0 Å². The van der Waals surface area contributed by atoms with Gasteiger partial charge in [-0.25, -0.2) is 0 Å². The molecule has 2 rings (SSSR count). The van der Waals surface area contributed by atoms with Crippen molar-refractivity contribution in [3.05, 3.63) is 42.2 Å². The molecule has 1 aromatic heterocycles. The standard InChI is InChI=1S/C15H15NO3/c1-3-12(17)6-9-14-10-15(16-19-14)11-4-7-13(18-2)8-5-11/h4-10H,3H2,1-2H3/b9-6+. The first kappa shape index (κ1) is 13.1. The summed E-state index contributed by atoms with van der Waals surface area (Å²) in [7, 11) is 1.62. The van der Waals surface area contributed by atoms with Crippen LogP contribution in [0.3, 0.4) is 0 Å². The van der Waals surface area contributed by atoms with Crippen LogP contribution in [0.4, 0.5) is 0 Å². The second kappa shape index (κ2) is 6.00. The molecule has 4 heteroatoms. The number of carbonyl (C=O) groups excluding carboxylic acids is 1. The van der Waals surface area contributed by atoms with Gasteiger partial charge in [-0.3, -0.25) is 4.79 Å². The van der Waals surface area contributed by atoms with Crippen molar-refractivity contribution in [2.45, 2.75) is 13.3 Å². The Bertz CT molecular complexity index is 582. The van der Waals surface area contributed by atoms with Crippen molar-refractivity contribution >= 4 is 11.9 Å². The van der Waals surface area contributed by atoms with Crippen molar-refractivity contribution in [2.24, 2.45) is 0 Å². The first-order valence-corrected chi connectivity index (χ1v) is 6.05. The van der Waals surface area contributed by atoms with Crippen LogP contribution in [0.5, 0.6) is 5.75 Å². The van der Waals surface area contributed by atoms with Crippen LogP contribution in [0, 0.1) is 0 Å². The summed E-state index contributed by atoms with van der Waals surface area (Å²) in [6, 6.07) is 9.32. The molecular formula is C15H15NO3. The summed E-state index contributed by atoms with van der Waals surface area (Å²) in [6.07, 6.45) is 3.61. The number of benzene rings is 1. The van der Waals surface area contributed by atoms with Crippen LogP contribution >= 0.6 is 0 Å². The number of hydrogen-bond donors (Lipinski definition) is 0. The van der Waals surface area contributed by atoms with E-state index >= 15 is 0 Å². The van der Waals surface area contributed by atoms with Gasteiger partial charge in [0.25, 0.3) is 0 Å². The van der Waals surface area contributed by atoms with E-state index in [0.29, 0.717) is 12.2 Å². The summed E-state index contributed by atoms with van der Waals surface area (Å²) in [5.41, 5.74) is 1.66. The predicted molar refractivity (Wildman–Crippen MR) is 72.8 cm³/mol. The molecule has 1 aromatic carbocycles. The molecule has 19 heavy (non-hydrogen) atoms. The lowest BCUT2D eigenvalue weighted by Crippen LogP contribution is -1.85. The fraction of sp³-hybridized carbons (Fsp3) is 0.200. The zero-order valence-electron chi connectivity index (χ0n) is 10.9. The lowest BCUT2D eigenvalue weighted by Gasteiger charge is -1.99. The van der Waals surface area contributed by atoms with Gasteiger partial charge in [-0.2, -0.15) is 0 Å². The highest BCUT2D eigenvalue weighted by atomic mass is 16.5. The van der Waals surface area contributed by atoms with E-state index in [9.17, 15) is 4.79 Å². The molecule has 0 saturated heterocycles. The Morgan fingerprint density at radius 3 is 2.74 bits per heavy atom. The van der Waals surface area contributed by atoms with E-state index in [0.717, 1.165) is 17.0 Å². The molecule has 0 radical (unpaired) electrons. The SMILES string of the molecule is CCC(=O)/C=C/c1cc(-c2ccc(OC)cc2)no1. The summed E-state index contributed by atoms with van der Waals surface area (Å²) in [4.78, 5) is 11.2. The summed E-state index contributed by atoms with van der Waals surface area (Å²) < 4.78 is 10.2. The fourth-order valence-electron chi connectivity index (χ4n) is 1.56. The Kier molecular flexibility index (Phi) is 4.13. The van der Waals surface area contributed by atoms with Crippen LogP contribution in [-0.2, 0) is 4.79 Å². The molecule has 1 heterocycles. The van der Waals surface area contributed by atoms with Gasteiger partial charge in [0.15, 0.2) is 11.5 Å². The Labute approximate surface area is 111 Å². The Hall–Kier alpha value is -2.36. The van der Waals surface area contributed by atoms with Crippen molar-refractivity contribution < 1.29 is 14.1 Å². The van der Waals surface area contributed by atoms with Crippen LogP contribution in [0.1, 0.15) is 19.1 Å². The third-order valence-electron chi connectivity index (χ3n) is 2.70. The maximum absolute atomic E-state index is 11.2. The van der Waals surface area contributed by atoms with E-state index in [1.807, 2.05) is 31.2 Å². The minimum atomic E-state index is 0.0578. The highest BCUT2D eigenvalue weighted by molar-refractivity contribution is 5.93. The molecule has 0 amide bonds. The van der Waals surface area contributed by atoms with E-state index in [1.165, 1.54) is 6.08 Å². The van der Waals surface area contributed by atoms with Crippen molar-refractivity contribution in [3.8, 4) is 17.0 Å². The lowest BCUT2D eigenvalue weighted by molar-refractivity contribution is -0.114. The number of ether oxygens (including phenoxy) is 1. The summed E-state index contributed by atoms with van der Waals surface area (Å²) >= 11 is 0. The first-order valence-electron chi connectivity index (χ1n) is 6.05. The van der Waals surface area contributed by atoms with Crippen molar-refractivity contribution in [1.82, 2.24) is 5.16 Å². The van der Waals surface area contributed by atoms with Gasteiger partial charge in [-0.15, -0.1) is 0 Å². The predicted octanol–water partition coefficient (Wildman–Crippen LogP) is 3.34. The van der Waals surface area contributed by atoms with Crippen LogP contribution in [0.15, 0.2) is 40.9 Å². The molecular weight excluding hydrogens is 242 g/mol. The molecule has 2 aromatic rings. The van der Waals surface area contributed by atoms with Gasteiger partial charge in [-0.1, -0.05) is 12.1 Å². The second-order valence-corrected chi connectivity index (χ2v) is 4.00. The molecule has 98 valence electrons. The number of aromatic nitrogens is 1. The fourth-order valence-corrected chi connectivity index (χ4v) is 1.56. The Morgan fingerprint density at radius 1 is 1.37 bits per heavy atom. The molecule has 0 bridgehead atoms. The van der Waals surface area contributed by atoms with Crippen molar-refractivity contribution in [2.75, 3.05) is 7.11 Å². The van der Waals surface area contributed by atoms with Gasteiger partial charge in [0.2, 0.25) is 0 Å². The minimum Gasteiger partial charge on any atom is -0.497 e. The average Bonchev–Trinajstić information content (AvgIpc) is 2.93. The quantitative estimate of drug-likeness (QED) is 0.771. The molecule has 0 atom stereocenters. The van der Waals surface area contributed by atoms with Crippen LogP contribution < -0.4 is 4.74 Å². The number of methoxy groups -OCH3 is 1. The van der Waals surface area contributed by atoms with Gasteiger partial charge in [-0.05, 0) is 36.4 Å². The van der Waals surface area contributed by atoms with E-state index in [-0.39, 0.29) is 5.78 Å². The highest BCUT2D eigenvalue weighted by Gasteiger charge is 2.05. The largest absolute Gasteiger partial charge is 0.497 e. The third-order valence-corrected chi connectivity index (χ3v) is 2.70. The topological polar surface area (TPSA) is 52.3 Å². The van der Waals surface area contributed by atoms with Crippen molar-refractivity contribution in [1.29, 1.82) is 0 Å². The number of allylic oxidation sites excluding steroid dienone is 1. The van der Waals surface area contributed by atoms with E-state index in [1.54, 1.807) is 19.3 Å². The molecule has 0 aliphatic heterocycles. The molecule has 0 fully saturated rings. The monoisotopic (exact) mass is 257 g/mol. The smallest absolute Gasteiger partial charge is 0.160 e. The van der Waals surface area contributed by atoms with Gasteiger partial charge in [0.1, 0.15) is 11.4 Å². The number of carbonyl (C=O) groups is 1. The minimum absolute atomic E-state index is 0.0578. The van der Waals surface area contributed by atoms with Crippen molar-refractivity contribution in [3.63, 3.8) is 0 Å². The maximum atomic E-state index is 11.2. The van der Waals surface area contributed by atoms with E-state index in [4.69, 9.17) is 9.26 Å². The Morgan fingerprint density at radius 2 is 2.11 bits per heavy atom. The van der Waals surface area contributed by atoms with E-state index in [2.05, 4.69) is 5.16 Å². The zero-order valence-corrected chi connectivity index (χ0v) is 10.9. The Balaban J connectivity index is 2.15. The normalized spacial score (nSPS) is 10.8. The zero-order chi connectivity index (χ0) is 13.7. The first-order chi connectivity index (χ1) is 9.22. The van der Waals surface area contributed by atoms with Crippen LogP contribution in [0.2, 0.25) is 0 Å². The third kappa shape index (κ3) is 3.31. The molecule has 0 aliphatic rings. The molecule has 4 nitrogen and oxygen atoms in total. The molecule has 0 spiro atoms. The van der Waals surface area contributed by atoms with Gasteiger partial charge >= 0.3 is 0 Å². The average molecular weight is 257 g/mol. The number of hydrogen-bond acceptors (Lipinski definition) is 4. The molecule has 0 unspecified atom stereocenters. The maximum Gasteiger partial charge on any atom is 0.160 e. The number of ketones is 1. The van der Waals surface area contributed by atoms with Crippen LogP contribution in [0.25, 0.3) is 17.3 Å². The molecule has 0 saturated carbocycles. The number of nitrogens with zero attached hydrogens (tertiary/aromatic N) is 1. The molecule has 0 N–H and O–H groups in total. The lowest BCUT2D eigenvalue weighted by atomic mass is 10.1. The number of rotatable bonds is 5.